The third kappa shape index (κ3) is 5.45. The maximum Gasteiger partial charge on any atom is 0.232 e. The number of aromatic nitrogens is 1. The Hall–Kier alpha value is -2.28. The van der Waals surface area contributed by atoms with Crippen LogP contribution in [0.25, 0.3) is 0 Å². The van der Waals surface area contributed by atoms with Crippen LogP contribution in [-0.2, 0) is 16.4 Å². The highest BCUT2D eigenvalue weighted by Gasteiger charge is 2.06. The molecule has 2 rings (SSSR count). The highest BCUT2D eigenvalue weighted by atomic mass is 32.2. The minimum atomic E-state index is -3.27. The van der Waals surface area contributed by atoms with E-state index in [2.05, 4.69) is 15.0 Å². The van der Waals surface area contributed by atoms with E-state index < -0.39 is 10.0 Å². The van der Waals surface area contributed by atoms with Gasteiger partial charge in [0, 0.05) is 6.54 Å². The summed E-state index contributed by atoms with van der Waals surface area (Å²) >= 11 is 0. The standard InChI is InChI=1S/C16H21N3O3S/c1-3-23(20,21)19-14-7-8-16(18-12-14)17-10-9-13-5-4-6-15(11-13)22-2/h4-8,11-12,19H,3,9-10H2,1-2H3,(H,17,18). The van der Waals surface area contributed by atoms with Gasteiger partial charge >= 0.3 is 0 Å². The SMILES string of the molecule is CCS(=O)(=O)Nc1ccc(NCCc2cccc(OC)c2)nc1. The molecule has 0 aliphatic carbocycles. The van der Waals surface area contributed by atoms with E-state index in [0.29, 0.717) is 11.5 Å². The van der Waals surface area contributed by atoms with Gasteiger partial charge in [-0.25, -0.2) is 13.4 Å². The molecule has 0 aliphatic heterocycles. The summed E-state index contributed by atoms with van der Waals surface area (Å²) in [4.78, 5) is 4.20. The zero-order valence-electron chi connectivity index (χ0n) is 13.2. The van der Waals surface area contributed by atoms with Gasteiger partial charge in [0.25, 0.3) is 0 Å². The van der Waals surface area contributed by atoms with Gasteiger partial charge in [-0.05, 0) is 43.2 Å². The zero-order valence-corrected chi connectivity index (χ0v) is 14.1. The van der Waals surface area contributed by atoms with E-state index >= 15 is 0 Å². The molecule has 0 radical (unpaired) electrons. The maximum atomic E-state index is 11.5. The molecule has 0 saturated carbocycles. The fraction of sp³-hybridized carbons (Fsp3) is 0.312. The van der Waals surface area contributed by atoms with Crippen molar-refractivity contribution in [2.75, 3.05) is 29.4 Å². The fourth-order valence-electron chi connectivity index (χ4n) is 1.97. The Balaban J connectivity index is 1.86. The van der Waals surface area contributed by atoms with Crippen LogP contribution in [0.15, 0.2) is 42.6 Å². The van der Waals surface area contributed by atoms with Crippen LogP contribution in [0.2, 0.25) is 0 Å². The smallest absolute Gasteiger partial charge is 0.232 e. The normalized spacial score (nSPS) is 11.0. The van der Waals surface area contributed by atoms with Crippen molar-refractivity contribution < 1.29 is 13.2 Å². The molecular formula is C16H21N3O3S. The van der Waals surface area contributed by atoms with Crippen molar-refractivity contribution in [1.82, 2.24) is 4.98 Å². The van der Waals surface area contributed by atoms with Gasteiger partial charge < -0.3 is 10.1 Å². The number of anilines is 2. The Labute approximate surface area is 137 Å². The van der Waals surface area contributed by atoms with Gasteiger partial charge in [-0.1, -0.05) is 12.1 Å². The van der Waals surface area contributed by atoms with Gasteiger partial charge in [-0.3, -0.25) is 4.72 Å². The molecule has 0 atom stereocenters. The Kier molecular flexibility index (Phi) is 5.81. The average Bonchev–Trinajstić information content (AvgIpc) is 2.56. The van der Waals surface area contributed by atoms with Crippen molar-refractivity contribution in [3.63, 3.8) is 0 Å². The first kappa shape index (κ1) is 17.1. The quantitative estimate of drug-likeness (QED) is 0.775. The second-order valence-electron chi connectivity index (χ2n) is 4.97. The molecule has 0 bridgehead atoms. The van der Waals surface area contributed by atoms with Crippen LogP contribution in [0.3, 0.4) is 0 Å². The Bertz CT molecular complexity index is 730. The highest BCUT2D eigenvalue weighted by molar-refractivity contribution is 7.92. The Morgan fingerprint density at radius 3 is 2.70 bits per heavy atom. The van der Waals surface area contributed by atoms with E-state index in [1.54, 1.807) is 26.2 Å². The van der Waals surface area contributed by atoms with Crippen LogP contribution in [0, 0.1) is 0 Å². The Morgan fingerprint density at radius 1 is 1.22 bits per heavy atom. The number of benzene rings is 1. The number of ether oxygens (including phenoxy) is 1. The van der Waals surface area contributed by atoms with Gasteiger partial charge in [0.05, 0.1) is 24.7 Å². The number of hydrogen-bond donors (Lipinski definition) is 2. The van der Waals surface area contributed by atoms with E-state index in [1.807, 2.05) is 24.3 Å². The summed E-state index contributed by atoms with van der Waals surface area (Å²) in [6.07, 6.45) is 2.34. The molecule has 2 aromatic rings. The number of nitrogens with one attached hydrogen (secondary N) is 2. The summed E-state index contributed by atoms with van der Waals surface area (Å²) in [6.45, 7) is 2.31. The summed E-state index contributed by atoms with van der Waals surface area (Å²) in [7, 11) is -1.62. The predicted octanol–water partition coefficient (Wildman–Crippen LogP) is 2.51. The van der Waals surface area contributed by atoms with Crippen molar-refractivity contribution in [3.05, 3.63) is 48.2 Å². The summed E-state index contributed by atoms with van der Waals surface area (Å²) < 4.78 is 30.6. The van der Waals surface area contributed by atoms with E-state index in [-0.39, 0.29) is 5.75 Å². The number of pyridine rings is 1. The van der Waals surface area contributed by atoms with Crippen molar-refractivity contribution in [3.8, 4) is 5.75 Å². The first-order chi connectivity index (χ1) is 11.0. The van der Waals surface area contributed by atoms with Crippen molar-refractivity contribution >= 4 is 21.5 Å². The van der Waals surface area contributed by atoms with Crippen LogP contribution in [-0.4, -0.2) is 32.8 Å². The lowest BCUT2D eigenvalue weighted by Crippen LogP contribution is -2.14. The summed E-state index contributed by atoms with van der Waals surface area (Å²) in [6, 6.07) is 11.3. The molecule has 0 aliphatic rings. The molecule has 0 unspecified atom stereocenters. The van der Waals surface area contributed by atoms with E-state index in [0.717, 1.165) is 18.7 Å². The molecule has 0 saturated heterocycles. The molecule has 6 nitrogen and oxygen atoms in total. The first-order valence-electron chi connectivity index (χ1n) is 7.36. The molecule has 23 heavy (non-hydrogen) atoms. The molecule has 7 heteroatoms. The van der Waals surface area contributed by atoms with E-state index in [4.69, 9.17) is 4.74 Å². The number of hydrogen-bond acceptors (Lipinski definition) is 5. The number of nitrogens with zero attached hydrogens (tertiary/aromatic N) is 1. The molecule has 2 N–H and O–H groups in total. The van der Waals surface area contributed by atoms with Crippen LogP contribution in [0.4, 0.5) is 11.5 Å². The second-order valence-corrected chi connectivity index (χ2v) is 6.98. The summed E-state index contributed by atoms with van der Waals surface area (Å²) in [5.41, 5.74) is 1.63. The maximum absolute atomic E-state index is 11.5. The van der Waals surface area contributed by atoms with Crippen LogP contribution < -0.4 is 14.8 Å². The molecule has 0 amide bonds. The highest BCUT2D eigenvalue weighted by Crippen LogP contribution is 2.14. The first-order valence-corrected chi connectivity index (χ1v) is 9.01. The van der Waals surface area contributed by atoms with Gasteiger partial charge in [0.15, 0.2) is 0 Å². The molecule has 1 heterocycles. The van der Waals surface area contributed by atoms with E-state index in [1.165, 1.54) is 11.8 Å². The fourth-order valence-corrected chi connectivity index (χ4v) is 2.60. The molecule has 0 spiro atoms. The summed E-state index contributed by atoms with van der Waals surface area (Å²) in [5.74, 6) is 1.58. The lowest BCUT2D eigenvalue weighted by atomic mass is 10.1. The predicted molar refractivity (Wildman–Crippen MR) is 92.5 cm³/mol. The van der Waals surface area contributed by atoms with Gasteiger partial charge in [-0.15, -0.1) is 0 Å². The third-order valence-corrected chi connectivity index (χ3v) is 4.58. The third-order valence-electron chi connectivity index (χ3n) is 3.27. The largest absolute Gasteiger partial charge is 0.497 e. The van der Waals surface area contributed by atoms with Crippen molar-refractivity contribution in [2.24, 2.45) is 0 Å². The van der Waals surface area contributed by atoms with E-state index in [9.17, 15) is 8.42 Å². The van der Waals surface area contributed by atoms with Crippen LogP contribution in [0.5, 0.6) is 5.75 Å². The Morgan fingerprint density at radius 2 is 2.04 bits per heavy atom. The lowest BCUT2D eigenvalue weighted by molar-refractivity contribution is 0.414. The number of methoxy groups -OCH3 is 1. The number of rotatable bonds is 8. The van der Waals surface area contributed by atoms with Crippen molar-refractivity contribution in [1.29, 1.82) is 0 Å². The monoisotopic (exact) mass is 335 g/mol. The molecule has 124 valence electrons. The molecular weight excluding hydrogens is 314 g/mol. The molecule has 1 aromatic carbocycles. The zero-order chi connectivity index (χ0) is 16.7. The van der Waals surface area contributed by atoms with Crippen LogP contribution in [0.1, 0.15) is 12.5 Å². The average molecular weight is 335 g/mol. The second kappa shape index (κ2) is 7.82. The van der Waals surface area contributed by atoms with Gasteiger partial charge in [0.2, 0.25) is 10.0 Å². The lowest BCUT2D eigenvalue weighted by Gasteiger charge is -2.09. The topological polar surface area (TPSA) is 80.3 Å². The number of sulfonamides is 1. The molecule has 0 fully saturated rings. The molecule has 1 aromatic heterocycles. The summed E-state index contributed by atoms with van der Waals surface area (Å²) in [5, 5.41) is 3.21. The van der Waals surface area contributed by atoms with Crippen molar-refractivity contribution in [2.45, 2.75) is 13.3 Å². The van der Waals surface area contributed by atoms with Gasteiger partial charge in [-0.2, -0.15) is 0 Å². The minimum absolute atomic E-state index is 0.0353. The van der Waals surface area contributed by atoms with Crippen LogP contribution >= 0.6 is 0 Å². The van der Waals surface area contributed by atoms with Gasteiger partial charge in [0.1, 0.15) is 11.6 Å². The minimum Gasteiger partial charge on any atom is -0.497 e.